The average molecular weight is 785 g/mol. The van der Waals surface area contributed by atoms with Gasteiger partial charge < -0.3 is 26.4 Å². The molecule has 1 aromatic heterocycles. The molecule has 5 rings (SSSR count). The van der Waals surface area contributed by atoms with E-state index >= 15 is 0 Å². The van der Waals surface area contributed by atoms with Crippen LogP contribution in [0.3, 0.4) is 0 Å². The molecule has 16 nitrogen and oxygen atoms in total. The Kier molecular flexibility index (Phi) is 12.9. The van der Waals surface area contributed by atoms with Crippen molar-refractivity contribution in [3.63, 3.8) is 0 Å². The molecular formula is C36H48N8O8S2. The van der Waals surface area contributed by atoms with E-state index in [1.807, 2.05) is 0 Å². The molecule has 6 N–H and O–H groups in total. The van der Waals surface area contributed by atoms with Gasteiger partial charge in [0.05, 0.1) is 29.4 Å². The molecule has 292 valence electrons. The van der Waals surface area contributed by atoms with Crippen LogP contribution in [0.1, 0.15) is 93.7 Å². The number of amides is 4. The molecule has 2 aliphatic heterocycles. The molecule has 3 fully saturated rings. The minimum atomic E-state index is -3.91. The monoisotopic (exact) mass is 784 g/mol. The predicted octanol–water partition coefficient (Wildman–Crippen LogP) is 0.764. The molecule has 1 saturated carbocycles. The number of primary amides is 1. The van der Waals surface area contributed by atoms with Gasteiger partial charge in [0.1, 0.15) is 23.2 Å². The first kappa shape index (κ1) is 40.9. The molecular weight excluding hydrogens is 737 g/mol. The van der Waals surface area contributed by atoms with Gasteiger partial charge in [0.25, 0.3) is 11.8 Å². The first-order valence-corrected chi connectivity index (χ1v) is 20.7. The molecule has 0 spiro atoms. The van der Waals surface area contributed by atoms with Crippen LogP contribution >= 0.6 is 11.8 Å². The van der Waals surface area contributed by atoms with Gasteiger partial charge in [-0.1, -0.05) is 43.2 Å². The van der Waals surface area contributed by atoms with Gasteiger partial charge in [-0.05, 0) is 74.8 Å². The van der Waals surface area contributed by atoms with E-state index in [0.29, 0.717) is 23.6 Å². The van der Waals surface area contributed by atoms with Crippen LogP contribution in [-0.4, -0.2) is 105 Å². The number of benzene rings is 1. The SMILES string of the molecule is C#CCNS(=O)(=O)c1ccc(C(=O)NC(CC2CCCCC2)C(=O)N2C[C@@H](n3nncc3C(C)(C)O)C[C@H]2C(=O)NC2(C(=O)C(N)=O)CCSCC2)cc1. The summed E-state index contributed by atoms with van der Waals surface area (Å²) in [6.07, 6.45) is 12.0. The van der Waals surface area contributed by atoms with E-state index in [0.717, 1.165) is 32.1 Å². The maximum Gasteiger partial charge on any atom is 0.287 e. The lowest BCUT2D eigenvalue weighted by Gasteiger charge is -2.37. The lowest BCUT2D eigenvalue weighted by molar-refractivity contribution is -0.145. The van der Waals surface area contributed by atoms with Gasteiger partial charge in [0, 0.05) is 18.5 Å². The fourth-order valence-electron chi connectivity index (χ4n) is 7.54. The summed E-state index contributed by atoms with van der Waals surface area (Å²) in [5.74, 6) is -0.548. The number of rotatable bonds is 14. The number of likely N-dealkylation sites (tertiary alicyclic amines) is 1. The van der Waals surface area contributed by atoms with Crippen LogP contribution in [-0.2, 0) is 34.8 Å². The number of nitrogens with two attached hydrogens (primary N) is 1. The number of aliphatic hydroxyl groups is 1. The van der Waals surface area contributed by atoms with Crippen LogP contribution in [0, 0.1) is 18.3 Å². The zero-order chi connectivity index (χ0) is 39.3. The number of carbonyl (C=O) groups excluding carboxylic acids is 5. The van der Waals surface area contributed by atoms with Crippen molar-refractivity contribution in [3.05, 3.63) is 41.7 Å². The van der Waals surface area contributed by atoms with Crippen LogP contribution in [0.15, 0.2) is 35.4 Å². The fraction of sp³-hybridized carbons (Fsp3) is 0.583. The van der Waals surface area contributed by atoms with Gasteiger partial charge in [-0.15, -0.1) is 11.5 Å². The number of thioether (sulfide) groups is 1. The Morgan fingerprint density at radius 3 is 2.39 bits per heavy atom. The molecule has 0 radical (unpaired) electrons. The van der Waals surface area contributed by atoms with Crippen molar-refractivity contribution >= 4 is 51.2 Å². The van der Waals surface area contributed by atoms with E-state index in [4.69, 9.17) is 12.2 Å². The second-order valence-corrected chi connectivity index (χ2v) is 17.7. The highest BCUT2D eigenvalue weighted by Crippen LogP contribution is 2.35. The van der Waals surface area contributed by atoms with E-state index in [2.05, 4.69) is 31.6 Å². The number of nitrogens with one attached hydrogen (secondary N) is 3. The molecule has 1 aliphatic carbocycles. The maximum absolute atomic E-state index is 14.8. The Balaban J connectivity index is 1.47. The van der Waals surface area contributed by atoms with Crippen molar-refractivity contribution in [1.29, 1.82) is 0 Å². The van der Waals surface area contributed by atoms with Gasteiger partial charge in [-0.3, -0.25) is 24.0 Å². The summed E-state index contributed by atoms with van der Waals surface area (Å²) in [7, 11) is -3.91. The largest absolute Gasteiger partial charge is 0.384 e. The lowest BCUT2D eigenvalue weighted by atomic mass is 9.84. The standard InChI is InChI=1S/C36H48N8O8S2/c1-4-16-39-54(51,52)26-12-10-24(11-13-26)32(47)40-27(19-23-8-6-5-7-9-23)34(49)43-22-25(44-29(21-38-42-44)35(2,3)50)20-28(43)33(48)41-36(30(45)31(37)46)14-17-53-18-15-36/h1,10-13,21,23,25,27-28,39,50H,5-9,14-20,22H2,2-3H3,(H2,37,46)(H,40,47)(H,41,48)/t25-,27?,28-/m0/s1. The summed E-state index contributed by atoms with van der Waals surface area (Å²) in [5.41, 5.74) is 3.02. The van der Waals surface area contributed by atoms with Crippen molar-refractivity contribution in [2.45, 2.75) is 106 Å². The Morgan fingerprint density at radius 2 is 1.78 bits per heavy atom. The summed E-state index contributed by atoms with van der Waals surface area (Å²) in [6.45, 7) is 2.89. The van der Waals surface area contributed by atoms with Gasteiger partial charge in [-0.25, -0.2) is 13.1 Å². The highest BCUT2D eigenvalue weighted by molar-refractivity contribution is 7.99. The number of aromatic nitrogens is 3. The second-order valence-electron chi connectivity index (χ2n) is 14.7. The number of terminal acetylenes is 1. The van der Waals surface area contributed by atoms with E-state index in [1.54, 1.807) is 25.6 Å². The summed E-state index contributed by atoms with van der Waals surface area (Å²) < 4.78 is 28.8. The normalized spacial score (nSPS) is 21.1. The van der Waals surface area contributed by atoms with Crippen LogP contribution in [0.2, 0.25) is 0 Å². The highest BCUT2D eigenvalue weighted by Gasteiger charge is 2.49. The molecule has 18 heteroatoms. The topological polar surface area (TPSA) is 236 Å². The number of Topliss-reactive ketones (excluding diaryl/α,β-unsaturated/α-hetero) is 1. The van der Waals surface area contributed by atoms with Crippen LogP contribution in [0.25, 0.3) is 0 Å². The third kappa shape index (κ3) is 9.31. The van der Waals surface area contributed by atoms with Gasteiger partial charge in [-0.2, -0.15) is 16.5 Å². The number of hydrogen-bond donors (Lipinski definition) is 5. The molecule has 54 heavy (non-hydrogen) atoms. The third-order valence-electron chi connectivity index (χ3n) is 10.5. The Bertz CT molecular complexity index is 1870. The average Bonchev–Trinajstić information content (AvgIpc) is 3.83. The molecule has 3 heterocycles. The summed E-state index contributed by atoms with van der Waals surface area (Å²) in [4.78, 5) is 69.5. The molecule has 3 aliphatic rings. The Morgan fingerprint density at radius 1 is 1.11 bits per heavy atom. The van der Waals surface area contributed by atoms with Gasteiger partial charge in [0.15, 0.2) is 0 Å². The van der Waals surface area contributed by atoms with Crippen LogP contribution in [0.5, 0.6) is 0 Å². The summed E-state index contributed by atoms with van der Waals surface area (Å²) >= 11 is 1.58. The number of nitrogens with zero attached hydrogens (tertiary/aromatic N) is 4. The zero-order valence-electron chi connectivity index (χ0n) is 30.5. The molecule has 2 saturated heterocycles. The first-order valence-electron chi connectivity index (χ1n) is 18.1. The van der Waals surface area contributed by atoms with E-state index in [9.17, 15) is 37.5 Å². The third-order valence-corrected chi connectivity index (χ3v) is 12.9. The molecule has 3 atom stereocenters. The number of sulfonamides is 1. The number of ketones is 1. The van der Waals surface area contributed by atoms with E-state index in [1.165, 1.54) is 40.0 Å². The van der Waals surface area contributed by atoms with Gasteiger partial charge >= 0.3 is 0 Å². The fourth-order valence-corrected chi connectivity index (χ4v) is 9.67. The zero-order valence-corrected chi connectivity index (χ0v) is 32.1. The Labute approximate surface area is 319 Å². The molecule has 1 unspecified atom stereocenters. The highest BCUT2D eigenvalue weighted by atomic mass is 32.2. The molecule has 4 amide bonds. The van der Waals surface area contributed by atoms with Crippen LogP contribution < -0.4 is 21.1 Å². The lowest BCUT2D eigenvalue weighted by Crippen LogP contribution is -2.63. The van der Waals surface area contributed by atoms with E-state index in [-0.39, 0.29) is 48.7 Å². The van der Waals surface area contributed by atoms with Crippen molar-refractivity contribution in [2.75, 3.05) is 24.6 Å². The van der Waals surface area contributed by atoms with Crippen molar-refractivity contribution < 1.29 is 37.5 Å². The van der Waals surface area contributed by atoms with E-state index < -0.39 is 68.7 Å². The maximum atomic E-state index is 14.8. The molecule has 0 bridgehead atoms. The molecule has 2 aromatic rings. The number of hydrogen-bond acceptors (Lipinski definition) is 11. The number of carbonyl (C=O) groups is 5. The molecule has 1 aromatic carbocycles. The van der Waals surface area contributed by atoms with Crippen molar-refractivity contribution in [2.24, 2.45) is 11.7 Å². The van der Waals surface area contributed by atoms with Gasteiger partial charge in [0.2, 0.25) is 27.6 Å². The summed E-state index contributed by atoms with van der Waals surface area (Å²) in [5, 5.41) is 24.7. The smallest absolute Gasteiger partial charge is 0.287 e. The van der Waals surface area contributed by atoms with Crippen molar-refractivity contribution in [3.8, 4) is 12.3 Å². The quantitative estimate of drug-likeness (QED) is 0.133. The first-order chi connectivity index (χ1) is 25.6. The van der Waals surface area contributed by atoms with Crippen LogP contribution in [0.4, 0.5) is 0 Å². The Hall–Kier alpha value is -4.31. The second kappa shape index (κ2) is 17.0. The minimum absolute atomic E-state index is 0.0351. The summed E-state index contributed by atoms with van der Waals surface area (Å²) in [6, 6.07) is 2.36. The minimum Gasteiger partial charge on any atom is -0.384 e. The van der Waals surface area contributed by atoms with Crippen molar-refractivity contribution in [1.82, 2.24) is 35.2 Å². The predicted molar refractivity (Wildman–Crippen MR) is 199 cm³/mol.